The molecule has 2 nitrogen and oxygen atoms in total. The van der Waals surface area contributed by atoms with Crippen LogP contribution in [-0.4, -0.2) is 19.1 Å². The van der Waals surface area contributed by atoms with Gasteiger partial charge in [-0.1, -0.05) is 26.0 Å². The number of rotatable bonds is 4. The number of anilines is 1. The summed E-state index contributed by atoms with van der Waals surface area (Å²) in [6, 6.07) is 9.26. The normalized spacial score (nSPS) is 25.7. The van der Waals surface area contributed by atoms with Crippen LogP contribution in [0.4, 0.5) is 5.69 Å². The SMILES string of the molecule is CCN(CC)c1ccc([C@@H]2[C@@H](N)C2(C)C)cc1. The van der Waals surface area contributed by atoms with Gasteiger partial charge in [-0.2, -0.15) is 0 Å². The molecule has 1 aliphatic rings. The van der Waals surface area contributed by atoms with Gasteiger partial charge in [-0.3, -0.25) is 0 Å². The monoisotopic (exact) mass is 232 g/mol. The zero-order valence-corrected chi connectivity index (χ0v) is 11.4. The topological polar surface area (TPSA) is 29.3 Å². The Balaban J connectivity index is 2.14. The van der Waals surface area contributed by atoms with Gasteiger partial charge < -0.3 is 10.6 Å². The molecule has 0 amide bonds. The third-order valence-corrected chi connectivity index (χ3v) is 4.29. The van der Waals surface area contributed by atoms with Crippen LogP contribution in [-0.2, 0) is 0 Å². The molecule has 1 aliphatic carbocycles. The van der Waals surface area contributed by atoms with E-state index in [0.29, 0.717) is 12.0 Å². The van der Waals surface area contributed by atoms with Crippen LogP contribution in [0.1, 0.15) is 39.2 Å². The summed E-state index contributed by atoms with van der Waals surface area (Å²) >= 11 is 0. The van der Waals surface area contributed by atoms with Crippen molar-refractivity contribution >= 4 is 5.69 Å². The third kappa shape index (κ3) is 2.06. The zero-order valence-electron chi connectivity index (χ0n) is 11.4. The summed E-state index contributed by atoms with van der Waals surface area (Å²) in [7, 11) is 0. The van der Waals surface area contributed by atoms with E-state index in [9.17, 15) is 0 Å². The first kappa shape index (κ1) is 12.4. The van der Waals surface area contributed by atoms with Crippen LogP contribution in [0.3, 0.4) is 0 Å². The highest BCUT2D eigenvalue weighted by Crippen LogP contribution is 2.57. The fourth-order valence-corrected chi connectivity index (χ4v) is 2.80. The number of nitrogens with two attached hydrogens (primary N) is 1. The van der Waals surface area contributed by atoms with E-state index < -0.39 is 0 Å². The molecule has 2 atom stereocenters. The van der Waals surface area contributed by atoms with Gasteiger partial charge in [0.25, 0.3) is 0 Å². The van der Waals surface area contributed by atoms with Gasteiger partial charge in [0.15, 0.2) is 0 Å². The zero-order chi connectivity index (χ0) is 12.6. The van der Waals surface area contributed by atoms with Crippen molar-refractivity contribution in [2.45, 2.75) is 39.7 Å². The van der Waals surface area contributed by atoms with Crippen LogP contribution in [0, 0.1) is 5.41 Å². The van der Waals surface area contributed by atoms with Crippen molar-refractivity contribution in [2.24, 2.45) is 11.1 Å². The quantitative estimate of drug-likeness (QED) is 0.864. The van der Waals surface area contributed by atoms with Crippen molar-refractivity contribution in [1.82, 2.24) is 0 Å². The molecule has 0 radical (unpaired) electrons. The summed E-state index contributed by atoms with van der Waals surface area (Å²) in [4.78, 5) is 2.36. The molecule has 0 aliphatic heterocycles. The minimum atomic E-state index is 0.275. The van der Waals surface area contributed by atoms with Gasteiger partial charge in [0, 0.05) is 30.7 Å². The second-order valence-corrected chi connectivity index (χ2v) is 5.59. The van der Waals surface area contributed by atoms with Crippen molar-refractivity contribution in [3.63, 3.8) is 0 Å². The number of hydrogen-bond donors (Lipinski definition) is 1. The highest BCUT2D eigenvalue weighted by Gasteiger charge is 2.55. The highest BCUT2D eigenvalue weighted by molar-refractivity contribution is 5.49. The molecule has 2 heteroatoms. The maximum Gasteiger partial charge on any atom is 0.0366 e. The number of benzene rings is 1. The lowest BCUT2D eigenvalue weighted by atomic mass is 10.0. The predicted molar refractivity (Wildman–Crippen MR) is 74.5 cm³/mol. The molecule has 94 valence electrons. The summed E-state index contributed by atoms with van der Waals surface area (Å²) in [5.74, 6) is 0.535. The molecule has 1 aromatic carbocycles. The van der Waals surface area contributed by atoms with E-state index in [1.54, 1.807) is 0 Å². The molecule has 0 heterocycles. The largest absolute Gasteiger partial charge is 0.372 e. The molecule has 0 bridgehead atoms. The van der Waals surface area contributed by atoms with Gasteiger partial charge in [0.1, 0.15) is 0 Å². The number of nitrogens with zero attached hydrogens (tertiary/aromatic N) is 1. The first-order valence-corrected chi connectivity index (χ1v) is 6.62. The van der Waals surface area contributed by atoms with Crippen LogP contribution in [0.5, 0.6) is 0 Å². The Morgan fingerprint density at radius 2 is 1.59 bits per heavy atom. The average Bonchev–Trinajstić information content (AvgIpc) is 2.81. The molecule has 1 saturated carbocycles. The lowest BCUT2D eigenvalue weighted by Gasteiger charge is -2.21. The molecule has 2 rings (SSSR count). The van der Waals surface area contributed by atoms with Crippen LogP contribution in [0.15, 0.2) is 24.3 Å². The maximum atomic E-state index is 6.12. The predicted octanol–water partition coefficient (Wildman–Crippen LogP) is 2.98. The fourth-order valence-electron chi connectivity index (χ4n) is 2.80. The molecule has 0 unspecified atom stereocenters. The first-order chi connectivity index (χ1) is 8.02. The molecule has 1 aromatic rings. The van der Waals surface area contributed by atoms with E-state index in [2.05, 4.69) is 56.9 Å². The molecule has 2 N–H and O–H groups in total. The fraction of sp³-hybridized carbons (Fsp3) is 0.600. The van der Waals surface area contributed by atoms with Gasteiger partial charge in [-0.05, 0) is 37.0 Å². The van der Waals surface area contributed by atoms with E-state index >= 15 is 0 Å². The molecular formula is C15H24N2. The summed E-state index contributed by atoms with van der Waals surface area (Å²) in [6.07, 6.45) is 0. The van der Waals surface area contributed by atoms with Crippen molar-refractivity contribution in [1.29, 1.82) is 0 Å². The summed E-state index contributed by atoms with van der Waals surface area (Å²) in [6.45, 7) is 11.0. The minimum Gasteiger partial charge on any atom is -0.372 e. The minimum absolute atomic E-state index is 0.275. The molecule has 0 saturated heterocycles. The molecular weight excluding hydrogens is 208 g/mol. The van der Waals surface area contributed by atoms with Crippen molar-refractivity contribution in [3.8, 4) is 0 Å². The first-order valence-electron chi connectivity index (χ1n) is 6.62. The van der Waals surface area contributed by atoms with Crippen LogP contribution in [0.25, 0.3) is 0 Å². The van der Waals surface area contributed by atoms with Crippen molar-refractivity contribution in [3.05, 3.63) is 29.8 Å². The standard InChI is InChI=1S/C15H24N2/c1-5-17(6-2)12-9-7-11(8-10-12)13-14(16)15(13,3)4/h7-10,13-14H,5-6,16H2,1-4H3/t13-,14-/m1/s1. The Hall–Kier alpha value is -1.02. The second kappa shape index (κ2) is 4.34. The van der Waals surface area contributed by atoms with E-state index in [0.717, 1.165) is 13.1 Å². The molecule has 1 fully saturated rings. The average molecular weight is 232 g/mol. The Morgan fingerprint density at radius 3 is 1.94 bits per heavy atom. The maximum absolute atomic E-state index is 6.12. The summed E-state index contributed by atoms with van der Waals surface area (Å²) in [5, 5.41) is 0. The molecule has 17 heavy (non-hydrogen) atoms. The summed E-state index contributed by atoms with van der Waals surface area (Å²) < 4.78 is 0. The van der Waals surface area contributed by atoms with Crippen molar-refractivity contribution < 1.29 is 0 Å². The lowest BCUT2D eigenvalue weighted by molar-refractivity contribution is 0.599. The third-order valence-electron chi connectivity index (χ3n) is 4.29. The Morgan fingerprint density at radius 1 is 1.12 bits per heavy atom. The molecule has 0 spiro atoms. The van der Waals surface area contributed by atoms with Gasteiger partial charge in [0.2, 0.25) is 0 Å². The Bertz CT molecular complexity index is 376. The van der Waals surface area contributed by atoms with Crippen LogP contribution < -0.4 is 10.6 Å². The Labute approximate surface area is 105 Å². The van der Waals surface area contributed by atoms with Gasteiger partial charge >= 0.3 is 0 Å². The van der Waals surface area contributed by atoms with Gasteiger partial charge in [0.05, 0.1) is 0 Å². The number of hydrogen-bond acceptors (Lipinski definition) is 2. The van der Waals surface area contributed by atoms with Gasteiger partial charge in [-0.15, -0.1) is 0 Å². The second-order valence-electron chi connectivity index (χ2n) is 5.59. The van der Waals surface area contributed by atoms with E-state index in [1.807, 2.05) is 0 Å². The van der Waals surface area contributed by atoms with Crippen LogP contribution >= 0.6 is 0 Å². The smallest absolute Gasteiger partial charge is 0.0366 e. The highest BCUT2D eigenvalue weighted by atomic mass is 15.1. The molecule has 0 aromatic heterocycles. The van der Waals surface area contributed by atoms with Gasteiger partial charge in [-0.25, -0.2) is 0 Å². The lowest BCUT2D eigenvalue weighted by Crippen LogP contribution is -2.21. The van der Waals surface area contributed by atoms with E-state index in [1.165, 1.54) is 11.3 Å². The van der Waals surface area contributed by atoms with E-state index in [-0.39, 0.29) is 5.41 Å². The summed E-state index contributed by atoms with van der Waals surface area (Å²) in [5.41, 5.74) is 9.09. The van der Waals surface area contributed by atoms with Crippen LogP contribution in [0.2, 0.25) is 0 Å². The van der Waals surface area contributed by atoms with Crippen molar-refractivity contribution in [2.75, 3.05) is 18.0 Å². The van der Waals surface area contributed by atoms with E-state index in [4.69, 9.17) is 5.73 Å². The Kier molecular flexibility index (Phi) is 3.17.